The van der Waals surface area contributed by atoms with E-state index >= 15 is 0 Å². The van der Waals surface area contributed by atoms with Gasteiger partial charge in [0, 0.05) is 0 Å². The van der Waals surface area contributed by atoms with Crippen LogP contribution in [0.4, 0.5) is 13.2 Å². The molecule has 0 aliphatic heterocycles. The lowest BCUT2D eigenvalue weighted by atomic mass is 9.62. The Morgan fingerprint density at radius 1 is 1.28 bits per heavy atom. The summed E-state index contributed by atoms with van der Waals surface area (Å²) in [4.78, 5) is 0. The summed E-state index contributed by atoms with van der Waals surface area (Å²) < 4.78 is 38.7. The van der Waals surface area contributed by atoms with Gasteiger partial charge in [0.1, 0.15) is 0 Å². The van der Waals surface area contributed by atoms with E-state index in [9.17, 15) is 13.2 Å². The second-order valence-corrected chi connectivity index (χ2v) is 5.20. The van der Waals surface area contributed by atoms with Crippen LogP contribution in [0.25, 0.3) is 0 Å². The Balaban J connectivity index is 2.40. The van der Waals surface area contributed by atoms with E-state index in [1.807, 2.05) is 6.07 Å². The van der Waals surface area contributed by atoms with E-state index in [0.29, 0.717) is 6.54 Å². The zero-order valence-electron chi connectivity index (χ0n) is 10.5. The van der Waals surface area contributed by atoms with Crippen LogP contribution >= 0.6 is 0 Å². The van der Waals surface area contributed by atoms with Crippen LogP contribution < -0.4 is 5.73 Å². The third-order valence-electron chi connectivity index (χ3n) is 4.09. The number of nitrogens with two attached hydrogens (primary N) is 1. The quantitative estimate of drug-likeness (QED) is 0.876. The third-order valence-corrected chi connectivity index (χ3v) is 4.09. The van der Waals surface area contributed by atoms with Gasteiger partial charge in [-0.3, -0.25) is 0 Å². The number of benzene rings is 1. The van der Waals surface area contributed by atoms with E-state index < -0.39 is 11.7 Å². The molecule has 1 aliphatic rings. The zero-order valence-corrected chi connectivity index (χ0v) is 10.5. The molecule has 1 saturated carbocycles. The molecule has 0 atom stereocenters. The lowest BCUT2D eigenvalue weighted by Crippen LogP contribution is -2.36. The summed E-state index contributed by atoms with van der Waals surface area (Å²) in [6, 6.07) is 4.73. The van der Waals surface area contributed by atoms with Crippen molar-refractivity contribution in [2.75, 3.05) is 6.54 Å². The fraction of sp³-hybridized carbons (Fsp3) is 0.571. The number of alkyl halides is 3. The Morgan fingerprint density at radius 3 is 2.39 bits per heavy atom. The van der Waals surface area contributed by atoms with Crippen molar-refractivity contribution < 1.29 is 13.2 Å². The normalized spacial score (nSPS) is 18.5. The number of hydrogen-bond donors (Lipinski definition) is 1. The zero-order chi connectivity index (χ0) is 13.4. The van der Waals surface area contributed by atoms with Gasteiger partial charge >= 0.3 is 6.18 Å². The van der Waals surface area contributed by atoms with Crippen molar-refractivity contribution in [1.82, 2.24) is 0 Å². The number of rotatable bonds is 3. The summed E-state index contributed by atoms with van der Waals surface area (Å²) in [6.45, 7) is 2.03. The highest BCUT2D eigenvalue weighted by Crippen LogP contribution is 2.47. The molecule has 0 heterocycles. The number of aryl methyl sites for hydroxylation is 1. The Labute approximate surface area is 105 Å². The molecule has 2 N–H and O–H groups in total. The van der Waals surface area contributed by atoms with Crippen LogP contribution in [-0.2, 0) is 11.6 Å². The smallest absolute Gasteiger partial charge is 0.330 e. The maximum absolute atomic E-state index is 12.9. The first-order valence-corrected chi connectivity index (χ1v) is 6.27. The Hall–Kier alpha value is -1.03. The van der Waals surface area contributed by atoms with Crippen LogP contribution in [0.2, 0.25) is 0 Å². The first kappa shape index (κ1) is 13.4. The Bertz CT molecular complexity index is 433. The van der Waals surface area contributed by atoms with Crippen LogP contribution in [-0.4, -0.2) is 6.54 Å². The molecule has 1 aliphatic carbocycles. The maximum atomic E-state index is 12.9. The van der Waals surface area contributed by atoms with Crippen LogP contribution in [0.3, 0.4) is 0 Å². The molecule has 0 unspecified atom stereocenters. The van der Waals surface area contributed by atoms with Gasteiger partial charge in [-0.05, 0) is 55.3 Å². The van der Waals surface area contributed by atoms with Gasteiger partial charge in [-0.15, -0.1) is 0 Å². The topological polar surface area (TPSA) is 26.0 Å². The number of halogens is 3. The van der Waals surface area contributed by atoms with Crippen molar-refractivity contribution >= 4 is 0 Å². The summed E-state index contributed by atoms with van der Waals surface area (Å²) in [5.41, 5.74) is 6.06. The van der Waals surface area contributed by atoms with Gasteiger partial charge < -0.3 is 5.73 Å². The molecule has 0 aromatic heterocycles. The predicted molar refractivity (Wildman–Crippen MR) is 65.4 cm³/mol. The molecule has 0 saturated heterocycles. The molecule has 0 amide bonds. The van der Waals surface area contributed by atoms with E-state index in [4.69, 9.17) is 5.73 Å². The maximum Gasteiger partial charge on any atom is 0.416 e. The SMILES string of the molecule is Cc1ccc(C2(CCN)CCC2)cc1C(F)(F)F. The molecule has 18 heavy (non-hydrogen) atoms. The monoisotopic (exact) mass is 257 g/mol. The lowest BCUT2D eigenvalue weighted by molar-refractivity contribution is -0.138. The van der Waals surface area contributed by atoms with Crippen LogP contribution in [0.1, 0.15) is 42.4 Å². The average Bonchev–Trinajstić information content (AvgIpc) is 2.23. The molecule has 1 fully saturated rings. The van der Waals surface area contributed by atoms with Crippen molar-refractivity contribution in [3.63, 3.8) is 0 Å². The van der Waals surface area contributed by atoms with Crippen LogP contribution in [0.5, 0.6) is 0 Å². The predicted octanol–water partition coefficient (Wildman–Crippen LogP) is 3.78. The fourth-order valence-corrected chi connectivity index (χ4v) is 2.82. The molecular weight excluding hydrogens is 239 g/mol. The minimum atomic E-state index is -4.27. The second kappa shape index (κ2) is 4.57. The lowest BCUT2D eigenvalue weighted by Gasteiger charge is -2.43. The highest BCUT2D eigenvalue weighted by Gasteiger charge is 2.40. The van der Waals surface area contributed by atoms with Crippen LogP contribution in [0, 0.1) is 6.92 Å². The van der Waals surface area contributed by atoms with E-state index in [1.165, 1.54) is 13.0 Å². The van der Waals surface area contributed by atoms with Gasteiger partial charge in [0.15, 0.2) is 0 Å². The minimum Gasteiger partial charge on any atom is -0.330 e. The van der Waals surface area contributed by atoms with Crippen molar-refractivity contribution in [1.29, 1.82) is 0 Å². The van der Waals surface area contributed by atoms with Crippen molar-refractivity contribution in [2.24, 2.45) is 5.73 Å². The molecule has 100 valence electrons. The minimum absolute atomic E-state index is 0.109. The molecule has 0 bridgehead atoms. The molecule has 2 rings (SSSR count). The van der Waals surface area contributed by atoms with Gasteiger partial charge in [0.05, 0.1) is 5.56 Å². The molecule has 1 aromatic carbocycles. The summed E-state index contributed by atoms with van der Waals surface area (Å²) in [5, 5.41) is 0. The molecule has 1 aromatic rings. The summed E-state index contributed by atoms with van der Waals surface area (Å²) in [6.07, 6.45) is -0.522. The molecule has 4 heteroatoms. The second-order valence-electron chi connectivity index (χ2n) is 5.20. The number of hydrogen-bond acceptors (Lipinski definition) is 1. The Kier molecular flexibility index (Phi) is 3.41. The van der Waals surface area contributed by atoms with E-state index in [0.717, 1.165) is 31.2 Å². The standard InChI is InChI=1S/C14H18F3N/c1-10-3-4-11(9-12(10)14(15,16)17)13(7-8-18)5-2-6-13/h3-4,9H,2,5-8,18H2,1H3. The first-order valence-electron chi connectivity index (χ1n) is 6.27. The highest BCUT2D eigenvalue weighted by atomic mass is 19.4. The summed E-state index contributed by atoms with van der Waals surface area (Å²) >= 11 is 0. The largest absolute Gasteiger partial charge is 0.416 e. The van der Waals surface area contributed by atoms with Gasteiger partial charge in [-0.2, -0.15) is 13.2 Å². The highest BCUT2D eigenvalue weighted by molar-refractivity contribution is 5.38. The fourth-order valence-electron chi connectivity index (χ4n) is 2.82. The van der Waals surface area contributed by atoms with E-state index in [2.05, 4.69) is 0 Å². The summed E-state index contributed by atoms with van der Waals surface area (Å²) in [5.74, 6) is 0. The van der Waals surface area contributed by atoms with Crippen molar-refractivity contribution in [2.45, 2.75) is 44.2 Å². The third kappa shape index (κ3) is 2.26. The van der Waals surface area contributed by atoms with Gasteiger partial charge in [0.2, 0.25) is 0 Å². The molecule has 1 nitrogen and oxygen atoms in total. The molecule has 0 spiro atoms. The van der Waals surface area contributed by atoms with Crippen molar-refractivity contribution in [3.05, 3.63) is 34.9 Å². The Morgan fingerprint density at radius 2 is 1.94 bits per heavy atom. The molecular formula is C14H18F3N. The summed E-state index contributed by atoms with van der Waals surface area (Å²) in [7, 11) is 0. The van der Waals surface area contributed by atoms with Crippen molar-refractivity contribution in [3.8, 4) is 0 Å². The van der Waals surface area contributed by atoms with Gasteiger partial charge in [-0.25, -0.2) is 0 Å². The van der Waals surface area contributed by atoms with Crippen LogP contribution in [0.15, 0.2) is 18.2 Å². The molecule has 0 radical (unpaired) electrons. The van der Waals surface area contributed by atoms with E-state index in [1.54, 1.807) is 6.07 Å². The first-order chi connectivity index (χ1) is 8.39. The van der Waals surface area contributed by atoms with Gasteiger partial charge in [-0.1, -0.05) is 18.6 Å². The van der Waals surface area contributed by atoms with Gasteiger partial charge in [0.25, 0.3) is 0 Å². The average molecular weight is 257 g/mol. The van der Waals surface area contributed by atoms with E-state index in [-0.39, 0.29) is 11.0 Å².